The SMILES string of the molecule is CC(C)(C)C(=O)OC1NCC[C@@H]1C(=O)Nc1cccc(OC(F)(F)F)c1. The van der Waals surface area contributed by atoms with Crippen molar-refractivity contribution >= 4 is 17.6 Å². The molecule has 2 atom stereocenters. The Balaban J connectivity index is 2.02. The predicted octanol–water partition coefficient (Wildman–Crippen LogP) is 3.05. The summed E-state index contributed by atoms with van der Waals surface area (Å²) < 4.78 is 46.0. The molecular weight excluding hydrogens is 353 g/mol. The molecule has 144 valence electrons. The van der Waals surface area contributed by atoms with E-state index in [9.17, 15) is 22.8 Å². The maximum Gasteiger partial charge on any atom is 0.573 e. The van der Waals surface area contributed by atoms with Crippen molar-refractivity contribution in [3.8, 4) is 5.75 Å². The lowest BCUT2D eigenvalue weighted by Crippen LogP contribution is -2.40. The highest BCUT2D eigenvalue weighted by atomic mass is 19.4. The molecule has 2 N–H and O–H groups in total. The number of benzene rings is 1. The van der Waals surface area contributed by atoms with Gasteiger partial charge in [-0.25, -0.2) is 0 Å². The molecule has 2 rings (SSSR count). The van der Waals surface area contributed by atoms with Crippen LogP contribution >= 0.6 is 0 Å². The third kappa shape index (κ3) is 5.62. The van der Waals surface area contributed by atoms with Crippen LogP contribution in [0.2, 0.25) is 0 Å². The largest absolute Gasteiger partial charge is 0.573 e. The number of nitrogens with one attached hydrogen (secondary N) is 2. The van der Waals surface area contributed by atoms with Crippen molar-refractivity contribution in [3.05, 3.63) is 24.3 Å². The molecule has 1 unspecified atom stereocenters. The predicted molar refractivity (Wildman–Crippen MR) is 87.2 cm³/mol. The molecule has 1 amide bonds. The van der Waals surface area contributed by atoms with Crippen molar-refractivity contribution in [3.63, 3.8) is 0 Å². The number of esters is 1. The highest BCUT2D eigenvalue weighted by Gasteiger charge is 2.38. The third-order valence-electron chi connectivity index (χ3n) is 3.68. The molecule has 9 heteroatoms. The first-order chi connectivity index (χ1) is 12.0. The summed E-state index contributed by atoms with van der Waals surface area (Å²) in [6, 6.07) is 4.98. The smallest absolute Gasteiger partial charge is 0.445 e. The molecular formula is C17H21F3N2O4. The molecule has 26 heavy (non-hydrogen) atoms. The lowest BCUT2D eigenvalue weighted by molar-refractivity contribution is -0.274. The number of hydrogen-bond acceptors (Lipinski definition) is 5. The molecule has 1 fully saturated rings. The zero-order chi connectivity index (χ0) is 19.5. The average Bonchev–Trinajstić information content (AvgIpc) is 2.93. The second kappa shape index (κ2) is 7.53. The number of carbonyl (C=O) groups excluding carboxylic acids is 2. The average molecular weight is 374 g/mol. The minimum absolute atomic E-state index is 0.157. The summed E-state index contributed by atoms with van der Waals surface area (Å²) >= 11 is 0. The van der Waals surface area contributed by atoms with E-state index in [-0.39, 0.29) is 5.69 Å². The van der Waals surface area contributed by atoms with Crippen molar-refractivity contribution in [2.24, 2.45) is 11.3 Å². The molecule has 0 bridgehead atoms. The van der Waals surface area contributed by atoms with Gasteiger partial charge in [0.25, 0.3) is 0 Å². The van der Waals surface area contributed by atoms with Gasteiger partial charge in [0.2, 0.25) is 5.91 Å². The Morgan fingerprint density at radius 3 is 2.54 bits per heavy atom. The van der Waals surface area contributed by atoms with Crippen LogP contribution in [0.15, 0.2) is 24.3 Å². The molecule has 0 spiro atoms. The lowest BCUT2D eigenvalue weighted by atomic mass is 9.97. The number of carbonyl (C=O) groups is 2. The fourth-order valence-corrected chi connectivity index (χ4v) is 2.37. The van der Waals surface area contributed by atoms with Gasteiger partial charge in [-0.3, -0.25) is 14.9 Å². The van der Waals surface area contributed by atoms with Gasteiger partial charge in [-0.05, 0) is 45.9 Å². The Morgan fingerprint density at radius 2 is 1.92 bits per heavy atom. The van der Waals surface area contributed by atoms with Crippen molar-refractivity contribution in [2.75, 3.05) is 11.9 Å². The van der Waals surface area contributed by atoms with E-state index in [0.29, 0.717) is 13.0 Å². The Labute approximate surface area is 149 Å². The highest BCUT2D eigenvalue weighted by molar-refractivity contribution is 5.93. The second-order valence-electron chi connectivity index (χ2n) is 6.99. The van der Waals surface area contributed by atoms with Crippen LogP contribution in [0.4, 0.5) is 18.9 Å². The van der Waals surface area contributed by atoms with E-state index in [1.807, 2.05) is 0 Å². The van der Waals surface area contributed by atoms with E-state index in [4.69, 9.17) is 4.74 Å². The third-order valence-corrected chi connectivity index (χ3v) is 3.68. The number of ether oxygens (including phenoxy) is 2. The number of hydrogen-bond donors (Lipinski definition) is 2. The molecule has 1 saturated heterocycles. The normalized spacial score (nSPS) is 20.5. The summed E-state index contributed by atoms with van der Waals surface area (Å²) in [4.78, 5) is 24.5. The standard InChI is InChI=1S/C17H21F3N2O4/c1-16(2,3)15(24)25-14-12(7-8-21-14)13(23)22-10-5-4-6-11(9-10)26-17(18,19)20/h4-6,9,12,14,21H,7-8H2,1-3H3,(H,22,23)/t12-,14?/m1/s1. The molecule has 1 heterocycles. The van der Waals surface area contributed by atoms with E-state index < -0.39 is 41.5 Å². The number of alkyl halides is 3. The monoisotopic (exact) mass is 374 g/mol. The van der Waals surface area contributed by atoms with Crippen LogP contribution in [0.5, 0.6) is 5.75 Å². The van der Waals surface area contributed by atoms with Crippen molar-refractivity contribution < 1.29 is 32.2 Å². The first-order valence-electron chi connectivity index (χ1n) is 8.07. The van der Waals surface area contributed by atoms with Gasteiger partial charge in [0.15, 0.2) is 6.23 Å². The summed E-state index contributed by atoms with van der Waals surface area (Å²) in [6.07, 6.45) is -5.16. The van der Waals surface area contributed by atoms with Crippen molar-refractivity contribution in [2.45, 2.75) is 39.8 Å². The summed E-state index contributed by atoms with van der Waals surface area (Å²) in [5, 5.41) is 5.48. The van der Waals surface area contributed by atoms with Gasteiger partial charge >= 0.3 is 12.3 Å². The van der Waals surface area contributed by atoms with E-state index >= 15 is 0 Å². The Kier molecular flexibility index (Phi) is 5.80. The lowest BCUT2D eigenvalue weighted by Gasteiger charge is -2.24. The zero-order valence-electron chi connectivity index (χ0n) is 14.6. The van der Waals surface area contributed by atoms with Crippen molar-refractivity contribution in [1.82, 2.24) is 5.32 Å². The molecule has 1 aromatic carbocycles. The first kappa shape index (κ1) is 20.0. The van der Waals surface area contributed by atoms with Crippen LogP contribution in [-0.2, 0) is 14.3 Å². The van der Waals surface area contributed by atoms with Gasteiger partial charge in [0, 0.05) is 11.8 Å². The van der Waals surface area contributed by atoms with Crippen molar-refractivity contribution in [1.29, 1.82) is 0 Å². The van der Waals surface area contributed by atoms with Crippen LogP contribution in [0, 0.1) is 11.3 Å². The number of amides is 1. The quantitative estimate of drug-likeness (QED) is 0.793. The Hall–Kier alpha value is -2.29. The molecule has 1 aliphatic rings. The Morgan fingerprint density at radius 1 is 1.23 bits per heavy atom. The minimum Gasteiger partial charge on any atom is -0.445 e. The minimum atomic E-state index is -4.82. The first-order valence-corrected chi connectivity index (χ1v) is 8.07. The zero-order valence-corrected chi connectivity index (χ0v) is 14.6. The topological polar surface area (TPSA) is 76.7 Å². The van der Waals surface area contributed by atoms with Crippen LogP contribution in [0.1, 0.15) is 27.2 Å². The van der Waals surface area contributed by atoms with Crippen LogP contribution in [-0.4, -0.2) is 31.0 Å². The Bertz CT molecular complexity index is 671. The maximum absolute atomic E-state index is 12.4. The number of anilines is 1. The highest BCUT2D eigenvalue weighted by Crippen LogP contribution is 2.27. The fraction of sp³-hybridized carbons (Fsp3) is 0.529. The van der Waals surface area contributed by atoms with E-state index in [1.54, 1.807) is 20.8 Å². The van der Waals surface area contributed by atoms with Gasteiger partial charge in [-0.1, -0.05) is 6.07 Å². The van der Waals surface area contributed by atoms with Gasteiger partial charge in [-0.15, -0.1) is 13.2 Å². The van der Waals surface area contributed by atoms with Gasteiger partial charge in [-0.2, -0.15) is 0 Å². The summed E-state index contributed by atoms with van der Waals surface area (Å²) in [5.74, 6) is -1.98. The fourth-order valence-electron chi connectivity index (χ4n) is 2.37. The molecule has 1 aliphatic heterocycles. The molecule has 0 aromatic heterocycles. The molecule has 1 aromatic rings. The summed E-state index contributed by atoms with van der Waals surface area (Å²) in [6.45, 7) is 5.58. The molecule has 0 aliphatic carbocycles. The summed E-state index contributed by atoms with van der Waals surface area (Å²) in [5.41, 5.74) is -0.557. The maximum atomic E-state index is 12.4. The molecule has 6 nitrogen and oxygen atoms in total. The van der Waals surface area contributed by atoms with Crippen LogP contribution in [0.25, 0.3) is 0 Å². The number of halogens is 3. The van der Waals surface area contributed by atoms with E-state index in [2.05, 4.69) is 15.4 Å². The van der Waals surface area contributed by atoms with E-state index in [0.717, 1.165) is 12.1 Å². The van der Waals surface area contributed by atoms with Gasteiger partial charge < -0.3 is 14.8 Å². The molecule has 0 radical (unpaired) electrons. The van der Waals surface area contributed by atoms with Gasteiger partial charge in [0.1, 0.15) is 5.75 Å². The van der Waals surface area contributed by atoms with Gasteiger partial charge in [0.05, 0.1) is 11.3 Å². The molecule has 0 saturated carbocycles. The van der Waals surface area contributed by atoms with E-state index in [1.165, 1.54) is 12.1 Å². The van der Waals surface area contributed by atoms with Crippen LogP contribution in [0.3, 0.4) is 0 Å². The van der Waals surface area contributed by atoms with Crippen LogP contribution < -0.4 is 15.4 Å². The summed E-state index contributed by atoms with van der Waals surface area (Å²) in [7, 11) is 0. The second-order valence-corrected chi connectivity index (χ2v) is 6.99. The number of rotatable bonds is 4.